The molecule has 13 N–H and O–H groups in total. The second kappa shape index (κ2) is 25.6. The highest BCUT2D eigenvalue weighted by Crippen LogP contribution is 2.53. The van der Waals surface area contributed by atoms with Crippen molar-refractivity contribution in [3.63, 3.8) is 0 Å². The Kier molecular flexibility index (Phi) is 20.0. The summed E-state index contributed by atoms with van der Waals surface area (Å²) in [6, 6.07) is 11.1. The number of carboxylic acids is 1. The number of thiocarbonyl (C=S) groups is 1. The van der Waals surface area contributed by atoms with E-state index in [1.165, 1.54) is 37.3 Å². The molecule has 0 spiro atoms. The van der Waals surface area contributed by atoms with Crippen molar-refractivity contribution in [1.82, 2.24) is 10.6 Å². The van der Waals surface area contributed by atoms with Crippen molar-refractivity contribution in [1.29, 1.82) is 0 Å². The van der Waals surface area contributed by atoms with Gasteiger partial charge < -0.3 is 90.5 Å². The fraction of sp³-hybridized carbons (Fsp3) is 0.419. The Bertz CT molecular complexity index is 2500. The molecule has 1 unspecified atom stereocenters. The van der Waals surface area contributed by atoms with Gasteiger partial charge in [-0.25, -0.2) is 9.79 Å². The van der Waals surface area contributed by atoms with Gasteiger partial charge in [0, 0.05) is 54.4 Å². The van der Waals surface area contributed by atoms with Gasteiger partial charge >= 0.3 is 13.6 Å². The fourth-order valence-corrected chi connectivity index (χ4v) is 8.24. The third-order valence-corrected chi connectivity index (χ3v) is 11.6. The molecular weight excluding hydrogens is 936 g/mol. The van der Waals surface area contributed by atoms with Gasteiger partial charge in [0.1, 0.15) is 29.3 Å². The van der Waals surface area contributed by atoms with Crippen LogP contribution in [-0.4, -0.2) is 156 Å². The number of aromatic hydroxyl groups is 1. The van der Waals surface area contributed by atoms with Crippen LogP contribution in [0.2, 0.25) is 0 Å². The van der Waals surface area contributed by atoms with Crippen LogP contribution in [0.25, 0.3) is 33.4 Å². The van der Waals surface area contributed by atoms with Gasteiger partial charge in [-0.2, -0.15) is 0 Å². The predicted octanol–water partition coefficient (Wildman–Crippen LogP) is 1.01. The van der Waals surface area contributed by atoms with Crippen molar-refractivity contribution in [2.75, 3.05) is 77.9 Å². The Labute approximate surface area is 394 Å². The van der Waals surface area contributed by atoms with E-state index in [1.807, 2.05) is 0 Å². The lowest BCUT2D eigenvalue weighted by molar-refractivity contribution is -0.125. The number of aromatic carboxylic acids is 1. The average molecular weight is 991 g/mol. The van der Waals surface area contributed by atoms with E-state index in [1.54, 1.807) is 24.3 Å². The minimum Gasteiger partial charge on any atom is -0.508 e. The third-order valence-electron chi connectivity index (χ3n) is 9.99. The number of fused-ring (bicyclic) bond motifs is 2. The number of hydrogen-bond acceptors (Lipinski definition) is 17. The molecule has 6 atom stereocenters. The Morgan fingerprint density at radius 1 is 0.912 bits per heavy atom. The summed E-state index contributed by atoms with van der Waals surface area (Å²) in [7, 11) is -4.71. The first-order chi connectivity index (χ1) is 32.5. The second-order valence-electron chi connectivity index (χ2n) is 15.0. The van der Waals surface area contributed by atoms with Crippen LogP contribution in [0.3, 0.4) is 0 Å². The summed E-state index contributed by atoms with van der Waals surface area (Å²) in [6.07, 6.45) is -3.99. The number of phenols is 1. The lowest BCUT2D eigenvalue weighted by Gasteiger charge is -2.39. The highest BCUT2D eigenvalue weighted by Gasteiger charge is 2.46. The van der Waals surface area contributed by atoms with Crippen molar-refractivity contribution in [3.8, 4) is 28.2 Å². The van der Waals surface area contributed by atoms with Crippen molar-refractivity contribution in [3.05, 3.63) is 82.0 Å². The largest absolute Gasteiger partial charge is 0.508 e. The molecule has 3 aliphatic rings. The van der Waals surface area contributed by atoms with Gasteiger partial charge in [-0.15, -0.1) is 0 Å². The number of nitrogens with zero attached hydrogens (tertiary/aromatic N) is 1. The number of ether oxygens (including phenoxy) is 5. The number of nitrogens with two attached hydrogens (primary N) is 2. The molecule has 68 heavy (non-hydrogen) atoms. The first-order valence-corrected chi connectivity index (χ1v) is 23.1. The summed E-state index contributed by atoms with van der Waals surface area (Å²) in [5, 5.41) is 59.9. The third kappa shape index (κ3) is 15.1. The number of carbonyl (C=O) groups excluding carboxylic acids is 1. The monoisotopic (exact) mass is 990 g/mol. The SMILES string of the molecule is CC(=O)N[C@H]1[C@H]([C@H](O)[C@H](O)CCO)OC(P(=O)(O)OCCOCCOCCOCCOCCNC(=S)Nc2ccc(-c3c4ccc(=O)cc-4oc4cc(O)ccc34)c(C(=O)O)c2)=C[C@@H]1N=C(N)N. The van der Waals surface area contributed by atoms with Crippen LogP contribution in [0.15, 0.2) is 80.4 Å². The van der Waals surface area contributed by atoms with Gasteiger partial charge in [-0.1, -0.05) is 6.07 Å². The van der Waals surface area contributed by atoms with Gasteiger partial charge in [0.15, 0.2) is 16.5 Å². The number of hydrogen-bond donors (Lipinski definition) is 11. The minimum atomic E-state index is -4.71. The Hall–Kier alpha value is -5.76. The van der Waals surface area contributed by atoms with Gasteiger partial charge in [0.2, 0.25) is 11.4 Å². The maximum absolute atomic E-state index is 13.2. The zero-order valence-corrected chi connectivity index (χ0v) is 38.5. The zero-order valence-electron chi connectivity index (χ0n) is 36.8. The maximum atomic E-state index is 13.2. The van der Waals surface area contributed by atoms with Crippen LogP contribution < -0.4 is 32.8 Å². The number of carbonyl (C=O) groups is 2. The molecule has 2 aromatic carbocycles. The number of aliphatic hydroxyl groups excluding tert-OH is 3. The summed E-state index contributed by atoms with van der Waals surface area (Å²) in [5.41, 5.74) is 12.2. The van der Waals surface area contributed by atoms with Crippen molar-refractivity contribution in [2.45, 2.75) is 43.7 Å². The fourth-order valence-electron chi connectivity index (χ4n) is 6.98. The normalized spacial score (nSPS) is 17.6. The van der Waals surface area contributed by atoms with Gasteiger partial charge in [0.25, 0.3) is 0 Å². The molecule has 1 aliphatic carbocycles. The number of aliphatic hydroxyl groups is 3. The summed E-state index contributed by atoms with van der Waals surface area (Å²) in [5.74, 6) is -2.01. The van der Waals surface area contributed by atoms with E-state index in [2.05, 4.69) is 20.9 Å². The first-order valence-electron chi connectivity index (χ1n) is 21.1. The number of phenolic OH excluding ortho intramolecular Hbond substituents is 1. The van der Waals surface area contributed by atoms with E-state index in [-0.39, 0.29) is 99.1 Å². The van der Waals surface area contributed by atoms with Crippen LogP contribution >= 0.6 is 19.8 Å². The van der Waals surface area contributed by atoms with Crippen molar-refractivity contribution in [2.24, 2.45) is 16.5 Å². The molecule has 5 rings (SSSR count). The van der Waals surface area contributed by atoms with Gasteiger partial charge in [-0.3, -0.25) is 14.2 Å². The molecule has 2 aliphatic heterocycles. The first kappa shape index (κ1) is 53.2. The summed E-state index contributed by atoms with van der Waals surface area (Å²) in [4.78, 5) is 51.2. The van der Waals surface area contributed by atoms with E-state index in [9.17, 15) is 49.4 Å². The number of benzene rings is 3. The number of nitrogens with one attached hydrogen (secondary N) is 3. The van der Waals surface area contributed by atoms with Crippen LogP contribution in [0.1, 0.15) is 23.7 Å². The quantitative estimate of drug-likeness (QED) is 0.0104. The number of guanidine groups is 1. The molecule has 0 saturated carbocycles. The smallest absolute Gasteiger partial charge is 0.392 e. The molecule has 370 valence electrons. The van der Waals surface area contributed by atoms with E-state index in [0.29, 0.717) is 34.3 Å². The topological polar surface area (TPSA) is 359 Å². The molecule has 0 aromatic heterocycles. The van der Waals surface area contributed by atoms with Crippen LogP contribution in [0.4, 0.5) is 5.69 Å². The lowest BCUT2D eigenvalue weighted by atomic mass is 9.90. The maximum Gasteiger partial charge on any atom is 0.392 e. The molecule has 0 saturated heterocycles. The van der Waals surface area contributed by atoms with Crippen molar-refractivity contribution < 1.29 is 77.2 Å². The average Bonchev–Trinajstić information content (AvgIpc) is 3.27. The molecule has 0 radical (unpaired) electrons. The standard InChI is InChI=1S/C43H55N6O17PS/c1-24(51)47-38-32(49-42(44)45)23-36(66-40(38)39(55)33(54)8-10-50)67(58,59)64-19-18-63-17-16-62-15-14-61-13-12-60-11-9-46-43(68)48-25-2-5-28(31(20-25)41(56)57)37-29-6-3-26(52)21-34(29)65-35-22-27(53)4-7-30(35)37/h2-7,20-23,32-33,38-40,50,52,54-55H,8-19H2,1H3,(H,47,51)(H,56,57)(H,58,59)(H4,44,45,49)(H2,46,48,68)/t32-,33+,38+,39+,40+/m0/s1. The molecule has 25 heteroatoms. The van der Waals surface area contributed by atoms with E-state index < -0.39 is 67.9 Å². The van der Waals surface area contributed by atoms with Crippen molar-refractivity contribution >= 4 is 59.4 Å². The number of rotatable bonds is 26. The number of amides is 1. The highest BCUT2D eigenvalue weighted by molar-refractivity contribution is 7.80. The minimum absolute atomic E-state index is 0.0348. The molecule has 0 fully saturated rings. The molecule has 2 heterocycles. The Morgan fingerprint density at radius 2 is 1.56 bits per heavy atom. The van der Waals surface area contributed by atoms with Gasteiger partial charge in [-0.05, 0) is 66.7 Å². The van der Waals surface area contributed by atoms with Gasteiger partial charge in [0.05, 0.1) is 83.2 Å². The summed E-state index contributed by atoms with van der Waals surface area (Å²) < 4.78 is 51.8. The van der Waals surface area contributed by atoms with Crippen LogP contribution in [-0.2, 0) is 37.6 Å². The highest BCUT2D eigenvalue weighted by atomic mass is 32.1. The summed E-state index contributed by atoms with van der Waals surface area (Å²) >= 11 is 5.40. The number of anilines is 1. The van der Waals surface area contributed by atoms with E-state index in [0.717, 1.165) is 6.08 Å². The lowest BCUT2D eigenvalue weighted by Crippen LogP contribution is -2.59. The molecule has 2 aromatic rings. The number of aliphatic imine (C=N–C) groups is 1. The van der Waals surface area contributed by atoms with Crippen LogP contribution in [0.5, 0.6) is 5.75 Å². The van der Waals surface area contributed by atoms with E-state index >= 15 is 0 Å². The molecule has 1 amide bonds. The van der Waals surface area contributed by atoms with Crippen LogP contribution in [0, 0.1) is 0 Å². The predicted molar refractivity (Wildman–Crippen MR) is 250 cm³/mol. The second-order valence-corrected chi connectivity index (χ2v) is 17.1. The van der Waals surface area contributed by atoms with E-state index in [4.69, 9.17) is 56.3 Å². The summed E-state index contributed by atoms with van der Waals surface area (Å²) in [6.45, 7) is 2.25. The Balaban J connectivity index is 0.953. The number of carboxylic acid groups (broad SMARTS) is 1. The molecule has 23 nitrogen and oxygen atoms in total. The molecule has 0 bridgehead atoms. The molecular formula is C43H55N6O17PS. The zero-order chi connectivity index (χ0) is 49.4. The Morgan fingerprint density at radius 3 is 2.19 bits per heavy atom.